The van der Waals surface area contributed by atoms with E-state index in [2.05, 4.69) is 11.6 Å². The number of aliphatic imine (C=N–C) groups is 1. The van der Waals surface area contributed by atoms with Crippen LogP contribution >= 0.6 is 0 Å². The molecule has 1 aliphatic rings. The summed E-state index contributed by atoms with van der Waals surface area (Å²) < 4.78 is 5.33. The molecule has 0 N–H and O–H groups in total. The molecular weight excluding hydrogens is 114 g/mol. The van der Waals surface area contributed by atoms with Gasteiger partial charge in [0.25, 0.3) is 0 Å². The Bertz CT molecular complexity index is 158. The molecule has 0 aromatic rings. The normalized spacial score (nSPS) is 22.7. The van der Waals surface area contributed by atoms with Crippen molar-refractivity contribution in [3.05, 3.63) is 12.7 Å². The quantitative estimate of drug-likeness (QED) is 0.518. The first kappa shape index (κ1) is 6.33. The average Bonchev–Trinajstić information content (AvgIpc) is 2.10. The molecule has 2 heteroatoms. The van der Waals surface area contributed by atoms with Gasteiger partial charge in [0.05, 0.1) is 6.54 Å². The van der Waals surface area contributed by atoms with Crippen LogP contribution < -0.4 is 0 Å². The molecule has 0 fully saturated rings. The Balaban J connectivity index is 2.59. The third kappa shape index (κ3) is 1.31. The molecule has 0 saturated heterocycles. The summed E-state index contributed by atoms with van der Waals surface area (Å²) in [5, 5.41) is 0. The summed E-state index contributed by atoms with van der Waals surface area (Å²) >= 11 is 0. The van der Waals surface area contributed by atoms with Crippen molar-refractivity contribution in [2.45, 2.75) is 19.4 Å². The second-order valence-corrected chi connectivity index (χ2v) is 2.72. The molecule has 0 unspecified atom stereocenters. The zero-order chi connectivity index (χ0) is 6.91. The molecule has 1 heterocycles. The van der Waals surface area contributed by atoms with E-state index in [4.69, 9.17) is 4.74 Å². The van der Waals surface area contributed by atoms with Crippen LogP contribution in [0.1, 0.15) is 13.8 Å². The number of nitrogens with zero attached hydrogens (tertiary/aromatic N) is 1. The molecule has 1 aliphatic heterocycles. The first-order valence-corrected chi connectivity index (χ1v) is 3.00. The van der Waals surface area contributed by atoms with Crippen molar-refractivity contribution >= 4 is 5.90 Å². The van der Waals surface area contributed by atoms with Crippen LogP contribution in [0.15, 0.2) is 17.6 Å². The van der Waals surface area contributed by atoms with Crippen LogP contribution in [-0.4, -0.2) is 18.0 Å². The van der Waals surface area contributed by atoms with Crippen LogP contribution in [0.5, 0.6) is 0 Å². The Kier molecular flexibility index (Phi) is 1.31. The van der Waals surface area contributed by atoms with E-state index in [-0.39, 0.29) is 5.60 Å². The molecule has 50 valence electrons. The largest absolute Gasteiger partial charge is 0.470 e. The van der Waals surface area contributed by atoms with Gasteiger partial charge in [0, 0.05) is 0 Å². The summed E-state index contributed by atoms with van der Waals surface area (Å²) in [4.78, 5) is 4.08. The van der Waals surface area contributed by atoms with Gasteiger partial charge in [-0.2, -0.15) is 0 Å². The maximum atomic E-state index is 5.33. The first-order chi connectivity index (χ1) is 4.14. The monoisotopic (exact) mass is 125 g/mol. The smallest absolute Gasteiger partial charge is 0.208 e. The molecule has 0 aliphatic carbocycles. The molecule has 0 saturated carbocycles. The fraction of sp³-hybridized carbons (Fsp3) is 0.571. The van der Waals surface area contributed by atoms with Gasteiger partial charge in [-0.1, -0.05) is 6.58 Å². The van der Waals surface area contributed by atoms with E-state index in [1.165, 1.54) is 0 Å². The summed E-state index contributed by atoms with van der Waals surface area (Å²) in [6.45, 7) is 8.31. The summed E-state index contributed by atoms with van der Waals surface area (Å²) in [6, 6.07) is 0. The van der Waals surface area contributed by atoms with Gasteiger partial charge in [0.1, 0.15) is 5.60 Å². The van der Waals surface area contributed by atoms with Gasteiger partial charge in [-0.3, -0.25) is 0 Å². The zero-order valence-electron chi connectivity index (χ0n) is 5.85. The lowest BCUT2D eigenvalue weighted by molar-refractivity contribution is 0.132. The summed E-state index contributed by atoms with van der Waals surface area (Å²) in [5.41, 5.74) is -0.108. The second-order valence-electron chi connectivity index (χ2n) is 2.72. The van der Waals surface area contributed by atoms with E-state index < -0.39 is 0 Å². The van der Waals surface area contributed by atoms with Crippen molar-refractivity contribution < 1.29 is 4.74 Å². The molecule has 0 amide bonds. The predicted molar refractivity (Wildman–Crippen MR) is 37.7 cm³/mol. The van der Waals surface area contributed by atoms with E-state index in [1.54, 1.807) is 6.08 Å². The Morgan fingerprint density at radius 3 is 2.67 bits per heavy atom. The maximum Gasteiger partial charge on any atom is 0.208 e. The highest BCUT2D eigenvalue weighted by Gasteiger charge is 2.25. The third-order valence-electron chi connectivity index (χ3n) is 1.17. The standard InChI is InChI=1S/C7H11NO/c1-4-6-8-5-7(2,3)9-6/h4H,1,5H2,2-3H3. The minimum absolute atomic E-state index is 0.108. The van der Waals surface area contributed by atoms with Crippen molar-refractivity contribution in [1.29, 1.82) is 0 Å². The molecule has 0 aromatic carbocycles. The Hall–Kier alpha value is -0.790. The van der Waals surface area contributed by atoms with Crippen molar-refractivity contribution in [2.75, 3.05) is 6.54 Å². The molecule has 0 aromatic heterocycles. The van der Waals surface area contributed by atoms with Crippen molar-refractivity contribution in [3.8, 4) is 0 Å². The Morgan fingerprint density at radius 1 is 1.78 bits per heavy atom. The minimum Gasteiger partial charge on any atom is -0.470 e. The Labute approximate surface area is 55.2 Å². The van der Waals surface area contributed by atoms with Gasteiger partial charge >= 0.3 is 0 Å². The summed E-state index contributed by atoms with van der Waals surface area (Å²) in [6.07, 6.45) is 1.63. The number of ether oxygens (including phenoxy) is 1. The van der Waals surface area contributed by atoms with Crippen LogP contribution in [0.3, 0.4) is 0 Å². The molecular formula is C7H11NO. The highest BCUT2D eigenvalue weighted by atomic mass is 16.5. The van der Waals surface area contributed by atoms with E-state index in [0.717, 1.165) is 6.54 Å². The third-order valence-corrected chi connectivity index (χ3v) is 1.17. The van der Waals surface area contributed by atoms with Gasteiger partial charge in [-0.25, -0.2) is 4.99 Å². The lowest BCUT2D eigenvalue weighted by atomic mass is 10.1. The van der Waals surface area contributed by atoms with Crippen LogP contribution in [0.25, 0.3) is 0 Å². The molecule has 9 heavy (non-hydrogen) atoms. The van der Waals surface area contributed by atoms with Gasteiger partial charge in [-0.15, -0.1) is 0 Å². The first-order valence-electron chi connectivity index (χ1n) is 3.00. The molecule has 0 spiro atoms. The zero-order valence-corrected chi connectivity index (χ0v) is 5.85. The van der Waals surface area contributed by atoms with Gasteiger partial charge in [-0.05, 0) is 19.9 Å². The SMILES string of the molecule is C=CC1=NCC(C)(C)O1. The van der Waals surface area contributed by atoms with Gasteiger partial charge in [0.2, 0.25) is 5.90 Å². The predicted octanol–water partition coefficient (Wildman–Crippen LogP) is 1.38. The van der Waals surface area contributed by atoms with Crippen LogP contribution in [0, 0.1) is 0 Å². The molecule has 1 rings (SSSR count). The van der Waals surface area contributed by atoms with Gasteiger partial charge < -0.3 is 4.74 Å². The summed E-state index contributed by atoms with van der Waals surface area (Å²) in [5.74, 6) is 0.667. The lowest BCUT2D eigenvalue weighted by Gasteiger charge is -2.15. The number of hydrogen-bond acceptors (Lipinski definition) is 2. The van der Waals surface area contributed by atoms with Crippen molar-refractivity contribution in [2.24, 2.45) is 4.99 Å². The van der Waals surface area contributed by atoms with E-state index in [1.807, 2.05) is 13.8 Å². The minimum atomic E-state index is -0.108. The fourth-order valence-corrected chi connectivity index (χ4v) is 0.722. The highest BCUT2D eigenvalue weighted by molar-refractivity contribution is 5.88. The van der Waals surface area contributed by atoms with Crippen molar-refractivity contribution in [3.63, 3.8) is 0 Å². The molecule has 2 nitrogen and oxygen atoms in total. The van der Waals surface area contributed by atoms with E-state index in [9.17, 15) is 0 Å². The van der Waals surface area contributed by atoms with Crippen LogP contribution in [0.2, 0.25) is 0 Å². The van der Waals surface area contributed by atoms with Gasteiger partial charge in [0.15, 0.2) is 0 Å². The molecule has 0 bridgehead atoms. The van der Waals surface area contributed by atoms with E-state index >= 15 is 0 Å². The molecule has 0 radical (unpaired) electrons. The second kappa shape index (κ2) is 1.87. The lowest BCUT2D eigenvalue weighted by Crippen LogP contribution is -2.23. The average molecular weight is 125 g/mol. The Morgan fingerprint density at radius 2 is 2.44 bits per heavy atom. The fourth-order valence-electron chi connectivity index (χ4n) is 0.722. The maximum absolute atomic E-state index is 5.33. The topological polar surface area (TPSA) is 21.6 Å². The highest BCUT2D eigenvalue weighted by Crippen LogP contribution is 2.16. The van der Waals surface area contributed by atoms with Crippen molar-refractivity contribution in [1.82, 2.24) is 0 Å². The van der Waals surface area contributed by atoms with E-state index in [0.29, 0.717) is 5.90 Å². The van der Waals surface area contributed by atoms with Crippen LogP contribution in [-0.2, 0) is 4.74 Å². The number of rotatable bonds is 1. The van der Waals surface area contributed by atoms with Crippen LogP contribution in [0.4, 0.5) is 0 Å². The molecule has 0 atom stereocenters. The summed E-state index contributed by atoms with van der Waals surface area (Å²) in [7, 11) is 0. The number of hydrogen-bond donors (Lipinski definition) is 0.